The van der Waals surface area contributed by atoms with E-state index in [9.17, 15) is 14.7 Å². The van der Waals surface area contributed by atoms with Crippen LogP contribution in [-0.4, -0.2) is 33.9 Å². The lowest BCUT2D eigenvalue weighted by Crippen LogP contribution is -2.29. The van der Waals surface area contributed by atoms with Gasteiger partial charge in [0.25, 0.3) is 5.78 Å². The fourth-order valence-corrected chi connectivity index (χ4v) is 4.76. The number of methoxy groups -OCH3 is 1. The molecule has 0 radical (unpaired) electrons. The minimum atomic E-state index is -0.865. The maximum absolute atomic E-state index is 13.2. The Morgan fingerprint density at radius 3 is 2.69 bits per heavy atom. The summed E-state index contributed by atoms with van der Waals surface area (Å²) in [5.74, 6) is -1.28. The van der Waals surface area contributed by atoms with Crippen LogP contribution in [0.5, 0.6) is 5.75 Å². The number of thiazole rings is 1. The molecule has 1 amide bonds. The van der Waals surface area contributed by atoms with Gasteiger partial charge in [-0.05, 0) is 35.9 Å². The molecule has 0 saturated carbocycles. The molecule has 0 bridgehead atoms. The highest BCUT2D eigenvalue weighted by Gasteiger charge is 2.48. The van der Waals surface area contributed by atoms with Crippen LogP contribution in [-0.2, 0) is 9.59 Å². The molecular formula is C24H17N3O4S. The maximum Gasteiger partial charge on any atom is 0.301 e. The number of anilines is 1. The predicted molar refractivity (Wildman–Crippen MR) is 122 cm³/mol. The largest absolute Gasteiger partial charge is 0.507 e. The Kier molecular flexibility index (Phi) is 4.91. The second-order valence-electron chi connectivity index (χ2n) is 7.15. The molecule has 1 aliphatic rings. The summed E-state index contributed by atoms with van der Waals surface area (Å²) < 4.78 is 6.13. The van der Waals surface area contributed by atoms with Crippen molar-refractivity contribution in [2.75, 3.05) is 12.0 Å². The lowest BCUT2D eigenvalue weighted by molar-refractivity contribution is -0.132. The summed E-state index contributed by atoms with van der Waals surface area (Å²) in [6.45, 7) is 0. The molecule has 4 aromatic rings. The average Bonchev–Trinajstić information content (AvgIpc) is 3.37. The highest BCUT2D eigenvalue weighted by molar-refractivity contribution is 7.22. The van der Waals surface area contributed by atoms with Crippen molar-refractivity contribution < 1.29 is 19.4 Å². The van der Waals surface area contributed by atoms with Gasteiger partial charge in [0.1, 0.15) is 11.5 Å². The number of ether oxygens (including phenoxy) is 1. The van der Waals surface area contributed by atoms with Crippen LogP contribution in [0.2, 0.25) is 0 Å². The number of pyridine rings is 1. The summed E-state index contributed by atoms with van der Waals surface area (Å²) >= 11 is 1.31. The van der Waals surface area contributed by atoms with Gasteiger partial charge in [-0.3, -0.25) is 19.5 Å². The Hall–Kier alpha value is -4.04. The lowest BCUT2D eigenvalue weighted by atomic mass is 9.96. The smallest absolute Gasteiger partial charge is 0.301 e. The number of amides is 1. The van der Waals surface area contributed by atoms with Crippen LogP contribution >= 0.6 is 11.3 Å². The SMILES string of the molecule is COc1cccc(/C(O)=C2\C(=O)C(=O)N(c3nc4ccccc4s3)C2c2cccnc2)c1. The highest BCUT2D eigenvalue weighted by atomic mass is 32.1. The molecule has 2 aromatic carbocycles. The van der Waals surface area contributed by atoms with Gasteiger partial charge in [0.15, 0.2) is 5.13 Å². The van der Waals surface area contributed by atoms with Crippen molar-refractivity contribution >= 4 is 44.1 Å². The molecule has 1 unspecified atom stereocenters. The van der Waals surface area contributed by atoms with Gasteiger partial charge in [-0.15, -0.1) is 0 Å². The third-order valence-corrected chi connectivity index (χ3v) is 6.31. The molecule has 0 spiro atoms. The molecule has 0 aliphatic carbocycles. The molecule has 1 atom stereocenters. The van der Waals surface area contributed by atoms with Crippen molar-refractivity contribution in [1.29, 1.82) is 0 Å². The number of rotatable bonds is 4. The number of aliphatic hydroxyl groups excluding tert-OH is 1. The highest BCUT2D eigenvalue weighted by Crippen LogP contribution is 2.44. The zero-order valence-corrected chi connectivity index (χ0v) is 17.7. The van der Waals surface area contributed by atoms with Crippen LogP contribution < -0.4 is 9.64 Å². The lowest BCUT2D eigenvalue weighted by Gasteiger charge is -2.22. The normalized spacial score (nSPS) is 17.8. The zero-order chi connectivity index (χ0) is 22.2. The van der Waals surface area contributed by atoms with Gasteiger partial charge in [-0.2, -0.15) is 0 Å². The van der Waals surface area contributed by atoms with Crippen molar-refractivity contribution in [3.8, 4) is 5.75 Å². The van der Waals surface area contributed by atoms with Gasteiger partial charge in [-0.25, -0.2) is 4.98 Å². The fourth-order valence-electron chi connectivity index (χ4n) is 3.77. The number of Topliss-reactive ketones (excluding diaryl/α,β-unsaturated/α-hetero) is 1. The van der Waals surface area contributed by atoms with E-state index in [1.807, 2.05) is 24.3 Å². The van der Waals surface area contributed by atoms with E-state index in [1.54, 1.807) is 48.8 Å². The number of para-hydroxylation sites is 1. The Bertz CT molecular complexity index is 1350. The monoisotopic (exact) mass is 443 g/mol. The summed E-state index contributed by atoms with van der Waals surface area (Å²) in [6.07, 6.45) is 3.19. The first kappa shape index (κ1) is 19.9. The van der Waals surface area contributed by atoms with E-state index in [0.29, 0.717) is 22.0 Å². The van der Waals surface area contributed by atoms with Crippen molar-refractivity contribution in [3.05, 3.63) is 89.8 Å². The zero-order valence-electron chi connectivity index (χ0n) is 16.9. The summed E-state index contributed by atoms with van der Waals surface area (Å²) in [5.41, 5.74) is 1.68. The molecule has 32 heavy (non-hydrogen) atoms. The molecule has 2 aromatic heterocycles. The molecular weight excluding hydrogens is 426 g/mol. The topological polar surface area (TPSA) is 92.6 Å². The minimum Gasteiger partial charge on any atom is -0.507 e. The Labute approximate surface area is 187 Å². The van der Waals surface area contributed by atoms with Gasteiger partial charge < -0.3 is 9.84 Å². The molecule has 1 fully saturated rings. The maximum atomic E-state index is 13.2. The Balaban J connectivity index is 1.73. The molecule has 1 aliphatic heterocycles. The van der Waals surface area contributed by atoms with E-state index in [2.05, 4.69) is 9.97 Å². The second kappa shape index (κ2) is 7.90. The van der Waals surface area contributed by atoms with Crippen molar-refractivity contribution in [2.45, 2.75) is 6.04 Å². The van der Waals surface area contributed by atoms with Crippen molar-refractivity contribution in [2.24, 2.45) is 0 Å². The first-order valence-electron chi connectivity index (χ1n) is 9.79. The number of carbonyl (C=O) groups excluding carboxylic acids is 2. The standard InChI is InChI=1S/C24H17N3O4S/c1-31-16-8-4-6-14(12-16)21(28)19-20(15-7-5-11-25-13-15)27(23(30)22(19)29)24-26-17-9-2-3-10-18(17)32-24/h2-13,20,28H,1H3/b21-19+. The van der Waals surface area contributed by atoms with E-state index in [-0.39, 0.29) is 11.3 Å². The van der Waals surface area contributed by atoms with Crippen molar-refractivity contribution in [1.82, 2.24) is 9.97 Å². The summed E-state index contributed by atoms with van der Waals surface area (Å²) in [7, 11) is 1.51. The first-order valence-corrected chi connectivity index (χ1v) is 10.6. The van der Waals surface area contributed by atoms with Crippen LogP contribution in [0.15, 0.2) is 78.6 Å². The molecule has 158 valence electrons. The van der Waals surface area contributed by atoms with Crippen molar-refractivity contribution in [3.63, 3.8) is 0 Å². The molecule has 1 saturated heterocycles. The molecule has 7 nitrogen and oxygen atoms in total. The van der Waals surface area contributed by atoms with E-state index < -0.39 is 17.7 Å². The number of fused-ring (bicyclic) bond motifs is 1. The number of nitrogens with zero attached hydrogens (tertiary/aromatic N) is 3. The minimum absolute atomic E-state index is 0.0180. The van der Waals surface area contributed by atoms with Crippen LogP contribution in [0.1, 0.15) is 17.2 Å². The number of aliphatic hydroxyl groups is 1. The van der Waals surface area contributed by atoms with E-state index in [0.717, 1.165) is 10.2 Å². The summed E-state index contributed by atoms with van der Waals surface area (Å²) in [5, 5.41) is 11.5. The Morgan fingerprint density at radius 1 is 1.09 bits per heavy atom. The molecule has 3 heterocycles. The van der Waals surface area contributed by atoms with Gasteiger partial charge in [0, 0.05) is 18.0 Å². The summed E-state index contributed by atoms with van der Waals surface area (Å²) in [4.78, 5) is 36.4. The third-order valence-electron chi connectivity index (χ3n) is 5.28. The number of aromatic nitrogens is 2. The van der Waals surface area contributed by atoms with Gasteiger partial charge in [0.05, 0.1) is 28.9 Å². The van der Waals surface area contributed by atoms with Gasteiger partial charge >= 0.3 is 5.91 Å². The van der Waals surface area contributed by atoms with Crippen LogP contribution in [0.4, 0.5) is 5.13 Å². The third kappa shape index (κ3) is 3.21. The van der Waals surface area contributed by atoms with Gasteiger partial charge in [-0.1, -0.05) is 41.7 Å². The van der Waals surface area contributed by atoms with E-state index in [4.69, 9.17) is 4.74 Å². The number of ketones is 1. The Morgan fingerprint density at radius 2 is 1.94 bits per heavy atom. The molecule has 1 N–H and O–H groups in total. The fraction of sp³-hybridized carbons (Fsp3) is 0.0833. The van der Waals surface area contributed by atoms with Crippen LogP contribution in [0.25, 0.3) is 16.0 Å². The quantitative estimate of drug-likeness (QED) is 0.287. The first-order chi connectivity index (χ1) is 15.6. The molecule has 5 rings (SSSR count). The number of carbonyl (C=O) groups is 2. The molecule has 8 heteroatoms. The number of hydrogen-bond donors (Lipinski definition) is 1. The predicted octanol–water partition coefficient (Wildman–Crippen LogP) is 4.33. The van der Waals surface area contributed by atoms with E-state index >= 15 is 0 Å². The van der Waals surface area contributed by atoms with Crippen LogP contribution in [0.3, 0.4) is 0 Å². The second-order valence-corrected chi connectivity index (χ2v) is 8.16. The van der Waals surface area contributed by atoms with Crippen LogP contribution in [0, 0.1) is 0 Å². The number of hydrogen-bond acceptors (Lipinski definition) is 7. The van der Waals surface area contributed by atoms with Gasteiger partial charge in [0.2, 0.25) is 0 Å². The van der Waals surface area contributed by atoms with E-state index in [1.165, 1.54) is 23.3 Å². The summed E-state index contributed by atoms with van der Waals surface area (Å²) in [6, 6.07) is 16.8. The number of benzene rings is 2. The average molecular weight is 443 g/mol.